The molecule has 0 bridgehead atoms. The molecule has 2 N–H and O–H groups in total. The molecule has 0 aliphatic carbocycles. The van der Waals surface area contributed by atoms with Crippen molar-refractivity contribution in [1.82, 2.24) is 0 Å². The van der Waals surface area contributed by atoms with Crippen molar-refractivity contribution in [3.63, 3.8) is 0 Å². The summed E-state index contributed by atoms with van der Waals surface area (Å²) in [4.78, 5) is 4.05. The number of alkyl halides is 1. The highest BCUT2D eigenvalue weighted by molar-refractivity contribution is 14.1. The van der Waals surface area contributed by atoms with Gasteiger partial charge in [0, 0.05) is 6.54 Å². The second kappa shape index (κ2) is 5.34. The van der Waals surface area contributed by atoms with Crippen molar-refractivity contribution in [3.8, 4) is 0 Å². The Balaban J connectivity index is 3.26. The van der Waals surface area contributed by atoms with Gasteiger partial charge in [0.25, 0.3) is 0 Å². The standard InChI is InChI=1S/C5H11IN2/c1-2-3-8-5(7)4-6/h2-4H2,1H3,(H2,7,8). The average molecular weight is 226 g/mol. The van der Waals surface area contributed by atoms with Crippen LogP contribution in [0.1, 0.15) is 13.3 Å². The molecule has 3 heteroatoms. The molecule has 0 aliphatic rings. The lowest BCUT2D eigenvalue weighted by molar-refractivity contribution is 0.930. The first kappa shape index (κ1) is 8.20. The van der Waals surface area contributed by atoms with Gasteiger partial charge in [-0.3, -0.25) is 4.99 Å². The smallest absolute Gasteiger partial charge is 0.104 e. The SMILES string of the molecule is CCC/N=C(/N)CI. The number of halogens is 1. The van der Waals surface area contributed by atoms with Crippen molar-refractivity contribution in [3.05, 3.63) is 0 Å². The van der Waals surface area contributed by atoms with Gasteiger partial charge in [0.2, 0.25) is 0 Å². The van der Waals surface area contributed by atoms with Crippen LogP contribution in [-0.4, -0.2) is 16.8 Å². The van der Waals surface area contributed by atoms with Crippen molar-refractivity contribution < 1.29 is 0 Å². The van der Waals surface area contributed by atoms with Gasteiger partial charge in [0.05, 0.1) is 4.43 Å². The maximum atomic E-state index is 5.40. The number of nitrogens with zero attached hydrogens (tertiary/aromatic N) is 1. The van der Waals surface area contributed by atoms with Gasteiger partial charge in [-0.15, -0.1) is 0 Å². The third-order valence-corrected chi connectivity index (χ3v) is 1.46. The van der Waals surface area contributed by atoms with Gasteiger partial charge in [0.15, 0.2) is 0 Å². The van der Waals surface area contributed by atoms with Gasteiger partial charge in [0.1, 0.15) is 5.84 Å². The van der Waals surface area contributed by atoms with Crippen molar-refractivity contribution in [2.75, 3.05) is 11.0 Å². The molecule has 0 atom stereocenters. The normalized spacial score (nSPS) is 12.0. The lowest BCUT2D eigenvalue weighted by atomic mass is 10.5. The first-order chi connectivity index (χ1) is 3.81. The van der Waals surface area contributed by atoms with Crippen LogP contribution >= 0.6 is 22.6 Å². The number of rotatable bonds is 3. The van der Waals surface area contributed by atoms with Crippen LogP contribution in [0.2, 0.25) is 0 Å². The monoisotopic (exact) mass is 226 g/mol. The fourth-order valence-corrected chi connectivity index (χ4v) is 0.539. The summed E-state index contributed by atoms with van der Waals surface area (Å²) in [7, 11) is 0. The van der Waals surface area contributed by atoms with Crippen molar-refractivity contribution in [2.45, 2.75) is 13.3 Å². The minimum Gasteiger partial charge on any atom is -0.387 e. The van der Waals surface area contributed by atoms with Crippen LogP contribution in [0.3, 0.4) is 0 Å². The quantitative estimate of drug-likeness (QED) is 0.334. The third-order valence-electron chi connectivity index (χ3n) is 0.675. The molecule has 0 rings (SSSR count). The largest absolute Gasteiger partial charge is 0.387 e. The molecule has 0 aromatic heterocycles. The Bertz CT molecular complexity index is 80.5. The van der Waals surface area contributed by atoms with Gasteiger partial charge < -0.3 is 5.73 Å². The van der Waals surface area contributed by atoms with Crippen LogP contribution < -0.4 is 5.73 Å². The first-order valence-corrected chi connectivity index (χ1v) is 4.18. The summed E-state index contributed by atoms with van der Waals surface area (Å²) in [5.74, 6) is 0.757. The highest BCUT2D eigenvalue weighted by Crippen LogP contribution is 1.82. The van der Waals surface area contributed by atoms with Gasteiger partial charge in [-0.05, 0) is 6.42 Å². The zero-order valence-electron chi connectivity index (χ0n) is 5.02. The molecule has 0 saturated carbocycles. The van der Waals surface area contributed by atoms with Crippen molar-refractivity contribution in [1.29, 1.82) is 0 Å². The van der Waals surface area contributed by atoms with E-state index in [0.29, 0.717) is 0 Å². The highest BCUT2D eigenvalue weighted by Gasteiger charge is 1.82. The minimum absolute atomic E-state index is 0.757. The van der Waals surface area contributed by atoms with Crippen molar-refractivity contribution in [2.24, 2.45) is 10.7 Å². The van der Waals surface area contributed by atoms with Crippen LogP contribution in [0.25, 0.3) is 0 Å². The summed E-state index contributed by atoms with van der Waals surface area (Å²) >= 11 is 2.20. The van der Waals surface area contributed by atoms with E-state index in [-0.39, 0.29) is 0 Å². The van der Waals surface area contributed by atoms with E-state index in [0.717, 1.165) is 23.2 Å². The molecule has 0 fully saturated rings. The zero-order valence-corrected chi connectivity index (χ0v) is 7.18. The van der Waals surface area contributed by atoms with Crippen LogP contribution in [0.5, 0.6) is 0 Å². The topological polar surface area (TPSA) is 38.4 Å². The number of hydrogen-bond acceptors (Lipinski definition) is 1. The molecule has 48 valence electrons. The summed E-state index contributed by atoms with van der Waals surface area (Å²) < 4.78 is 0.845. The molecule has 0 unspecified atom stereocenters. The maximum absolute atomic E-state index is 5.40. The van der Waals surface area contributed by atoms with E-state index in [1.165, 1.54) is 0 Å². The fourth-order valence-electron chi connectivity index (χ4n) is 0.298. The zero-order chi connectivity index (χ0) is 6.41. The molecule has 0 aromatic rings. The van der Waals surface area contributed by atoms with Crippen LogP contribution in [-0.2, 0) is 0 Å². The van der Waals surface area contributed by atoms with Gasteiger partial charge >= 0.3 is 0 Å². The molecule has 0 aromatic carbocycles. The molecule has 0 spiro atoms. The Morgan fingerprint density at radius 3 is 2.75 bits per heavy atom. The lowest BCUT2D eigenvalue weighted by Crippen LogP contribution is -2.13. The van der Waals surface area contributed by atoms with E-state index in [9.17, 15) is 0 Å². The number of amidine groups is 1. The molecule has 0 saturated heterocycles. The Morgan fingerprint density at radius 1 is 1.75 bits per heavy atom. The van der Waals surface area contributed by atoms with Crippen LogP contribution in [0, 0.1) is 0 Å². The maximum Gasteiger partial charge on any atom is 0.104 e. The molecule has 0 heterocycles. The van der Waals surface area contributed by atoms with E-state index >= 15 is 0 Å². The van der Waals surface area contributed by atoms with Crippen molar-refractivity contribution >= 4 is 28.4 Å². The van der Waals surface area contributed by atoms with E-state index in [4.69, 9.17) is 5.73 Å². The highest BCUT2D eigenvalue weighted by atomic mass is 127. The Kier molecular flexibility index (Phi) is 5.47. The molecular weight excluding hydrogens is 215 g/mol. The molecule has 8 heavy (non-hydrogen) atoms. The minimum atomic E-state index is 0.757. The fraction of sp³-hybridized carbons (Fsp3) is 0.800. The molecule has 0 aliphatic heterocycles. The third kappa shape index (κ3) is 4.36. The van der Waals surface area contributed by atoms with Gasteiger partial charge in [-0.25, -0.2) is 0 Å². The molecule has 2 nitrogen and oxygen atoms in total. The second-order valence-corrected chi connectivity index (χ2v) is 2.27. The van der Waals surface area contributed by atoms with E-state index < -0.39 is 0 Å². The van der Waals surface area contributed by atoms with Gasteiger partial charge in [-0.2, -0.15) is 0 Å². The summed E-state index contributed by atoms with van der Waals surface area (Å²) in [5.41, 5.74) is 5.40. The van der Waals surface area contributed by atoms with Gasteiger partial charge in [-0.1, -0.05) is 29.5 Å². The Hall–Kier alpha value is 0.200. The Labute approximate surface area is 63.7 Å². The predicted octanol–water partition coefficient (Wildman–Crippen LogP) is 1.19. The summed E-state index contributed by atoms with van der Waals surface area (Å²) in [6, 6.07) is 0. The lowest BCUT2D eigenvalue weighted by Gasteiger charge is -1.90. The average Bonchev–Trinajstić information content (AvgIpc) is 1.83. The van der Waals surface area contributed by atoms with Crippen LogP contribution in [0.15, 0.2) is 4.99 Å². The van der Waals surface area contributed by atoms with E-state index in [1.54, 1.807) is 0 Å². The first-order valence-electron chi connectivity index (χ1n) is 2.66. The number of nitrogens with two attached hydrogens (primary N) is 1. The van der Waals surface area contributed by atoms with E-state index in [2.05, 4.69) is 34.5 Å². The summed E-state index contributed by atoms with van der Waals surface area (Å²) in [6.45, 7) is 2.96. The van der Waals surface area contributed by atoms with E-state index in [1.807, 2.05) is 0 Å². The predicted molar refractivity (Wildman–Crippen MR) is 45.7 cm³/mol. The second-order valence-electron chi connectivity index (χ2n) is 1.51. The molecular formula is C5H11IN2. The molecule has 0 amide bonds. The van der Waals surface area contributed by atoms with Crippen LogP contribution in [0.4, 0.5) is 0 Å². The number of aliphatic imine (C=N–C) groups is 1. The molecule has 0 radical (unpaired) electrons. The Morgan fingerprint density at radius 2 is 2.38 bits per heavy atom. The summed E-state index contributed by atoms with van der Waals surface area (Å²) in [5, 5.41) is 0. The summed E-state index contributed by atoms with van der Waals surface area (Å²) in [6.07, 6.45) is 1.08. The number of hydrogen-bond donors (Lipinski definition) is 1.